The Labute approximate surface area is 166 Å². The molecule has 1 radical (unpaired) electrons. The van der Waals surface area contributed by atoms with Gasteiger partial charge in [-0.1, -0.05) is 35.8 Å². The summed E-state index contributed by atoms with van der Waals surface area (Å²) in [5.74, 6) is -1.75. The van der Waals surface area contributed by atoms with E-state index in [1.807, 2.05) is 0 Å². The molecule has 0 fully saturated rings. The van der Waals surface area contributed by atoms with Gasteiger partial charge < -0.3 is 35.9 Å². The molecule has 0 bridgehead atoms. The van der Waals surface area contributed by atoms with Crippen molar-refractivity contribution in [2.45, 2.75) is 0 Å². The summed E-state index contributed by atoms with van der Waals surface area (Å²) < 4.78 is 25.7. The number of carbonyl (C=O) groups excluding carboxylic acids is 2. The Balaban J connectivity index is 0.000000443. The first-order valence-electron chi connectivity index (χ1n) is 6.73. The predicted molar refractivity (Wildman–Crippen MR) is 94.5 cm³/mol. The topological polar surface area (TPSA) is 58.2 Å². The van der Waals surface area contributed by atoms with Gasteiger partial charge in [-0.05, 0) is 24.3 Å². The van der Waals surface area contributed by atoms with Gasteiger partial charge in [0.2, 0.25) is 0 Å². The zero-order valence-corrected chi connectivity index (χ0v) is 15.3. The van der Waals surface area contributed by atoms with Crippen molar-refractivity contribution in [3.63, 3.8) is 0 Å². The van der Waals surface area contributed by atoms with E-state index in [2.05, 4.69) is 35.9 Å². The van der Waals surface area contributed by atoms with Crippen LogP contribution in [0.15, 0.2) is 48.5 Å². The van der Waals surface area contributed by atoms with Crippen LogP contribution in [0, 0.1) is 11.6 Å². The van der Waals surface area contributed by atoms with Gasteiger partial charge >= 0.3 is 17.1 Å². The van der Waals surface area contributed by atoms with E-state index in [4.69, 9.17) is 0 Å². The average molecular weight is 432 g/mol. The summed E-state index contributed by atoms with van der Waals surface area (Å²) in [4.78, 5) is 21.5. The molecule has 0 aromatic heterocycles. The van der Waals surface area contributed by atoms with Crippen molar-refractivity contribution < 1.29 is 35.4 Å². The zero-order valence-electron chi connectivity index (χ0n) is 12.7. The van der Waals surface area contributed by atoms with Crippen LogP contribution in [0.4, 0.5) is 20.2 Å². The Morgan fingerprint density at radius 3 is 1.36 bits per heavy atom. The fourth-order valence-electron chi connectivity index (χ4n) is 1.50. The van der Waals surface area contributed by atoms with Crippen molar-refractivity contribution in [2.75, 3.05) is 22.1 Å². The maximum Gasteiger partial charge on any atom is 2.00 e. The normalized spacial score (nSPS) is 9.12. The van der Waals surface area contributed by atoms with E-state index in [9.17, 15) is 18.4 Å². The van der Waals surface area contributed by atoms with Crippen LogP contribution >= 0.6 is 0 Å². The molecule has 2 aromatic carbocycles. The smallest absolute Gasteiger partial charge is 0.783 e. The third-order valence-corrected chi connectivity index (χ3v) is 3.08. The third-order valence-electron chi connectivity index (χ3n) is 2.56. The van der Waals surface area contributed by atoms with Crippen molar-refractivity contribution >= 4 is 48.4 Å². The molecule has 0 unspecified atom stereocenters. The second-order valence-electron chi connectivity index (χ2n) is 4.34. The van der Waals surface area contributed by atoms with Crippen molar-refractivity contribution in [2.24, 2.45) is 0 Å². The fraction of sp³-hybridized carbons (Fsp3) is 0.125. The fourth-order valence-corrected chi connectivity index (χ4v) is 1.64. The van der Waals surface area contributed by atoms with Gasteiger partial charge in [0.05, 0.1) is 11.4 Å². The number of hydrogen-bond acceptors (Lipinski definition) is 4. The van der Waals surface area contributed by atoms with Crippen molar-refractivity contribution in [3.05, 3.63) is 60.2 Å². The number of anilines is 2. The van der Waals surface area contributed by atoms with E-state index >= 15 is 0 Å². The second kappa shape index (κ2) is 12.8. The van der Waals surface area contributed by atoms with Crippen LogP contribution in [0.25, 0.3) is 0 Å². The molecule has 4 nitrogen and oxygen atoms in total. The molecule has 0 atom stereocenters. The van der Waals surface area contributed by atoms with Gasteiger partial charge in [0.1, 0.15) is 11.6 Å². The number of carbonyl (C=O) groups is 2. The molecule has 0 aliphatic rings. The minimum atomic E-state index is -0.450. The number of halogens is 2. The predicted octanol–water partition coefficient (Wildman–Crippen LogP) is 2.62. The number of para-hydroxylation sites is 2. The summed E-state index contributed by atoms with van der Waals surface area (Å²) in [6, 6.07) is 11.9. The SMILES string of the molecule is O=C(C[S-])Nc1ccccc1F.O=C(C[S-])Nc1ccccc1F.[Cu+2]. The van der Waals surface area contributed by atoms with Crippen LogP contribution < -0.4 is 10.6 Å². The molecule has 25 heavy (non-hydrogen) atoms. The number of benzene rings is 2. The number of amides is 2. The van der Waals surface area contributed by atoms with Crippen LogP contribution in [0.3, 0.4) is 0 Å². The molecule has 9 heteroatoms. The third kappa shape index (κ3) is 8.92. The number of rotatable bonds is 4. The first kappa shape index (κ1) is 23.5. The monoisotopic (exact) mass is 431 g/mol. The molecule has 2 rings (SSSR count). The Morgan fingerprint density at radius 2 is 1.08 bits per heavy atom. The molecule has 0 aliphatic heterocycles. The molecular weight excluding hydrogens is 418 g/mol. The minimum Gasteiger partial charge on any atom is -0.783 e. The quantitative estimate of drug-likeness (QED) is 0.577. The molecule has 0 spiro atoms. The molecule has 0 saturated carbocycles. The van der Waals surface area contributed by atoms with Crippen molar-refractivity contribution in [1.82, 2.24) is 0 Å². The van der Waals surface area contributed by atoms with Gasteiger partial charge in [-0.25, -0.2) is 8.78 Å². The minimum absolute atomic E-state index is 0. The molecule has 2 aromatic rings. The molecule has 2 amide bonds. The molecule has 0 aliphatic carbocycles. The summed E-state index contributed by atoms with van der Waals surface area (Å²) in [5.41, 5.74) is 0.347. The second-order valence-corrected chi connectivity index (χ2v) is 4.92. The first-order valence-corrected chi connectivity index (χ1v) is 7.88. The standard InChI is InChI=1S/2C8H8FNOS.Cu/c2*9-6-3-1-2-4-7(6)10-8(11)5-12;/h2*1-4,12H,5H2,(H,10,11);/q;;+2/p-2. The van der Waals surface area contributed by atoms with Gasteiger partial charge in [-0.3, -0.25) is 9.59 Å². The largest absolute Gasteiger partial charge is 2.00 e. The molecular formula is C16H14CuF2N2O2S2. The van der Waals surface area contributed by atoms with Crippen LogP contribution in [0.2, 0.25) is 0 Å². The van der Waals surface area contributed by atoms with Crippen LogP contribution in [0.5, 0.6) is 0 Å². The van der Waals surface area contributed by atoms with Gasteiger partial charge in [0.25, 0.3) is 0 Å². The summed E-state index contributed by atoms with van der Waals surface area (Å²) >= 11 is 8.97. The maximum atomic E-state index is 12.8. The van der Waals surface area contributed by atoms with E-state index in [1.165, 1.54) is 24.3 Å². The van der Waals surface area contributed by atoms with E-state index in [0.717, 1.165) is 0 Å². The zero-order chi connectivity index (χ0) is 17.9. The molecule has 0 heterocycles. The van der Waals surface area contributed by atoms with Gasteiger partial charge in [-0.2, -0.15) is 0 Å². The summed E-state index contributed by atoms with van der Waals surface area (Å²) in [6.45, 7) is 0. The Morgan fingerprint density at radius 1 is 0.760 bits per heavy atom. The number of nitrogens with one attached hydrogen (secondary N) is 2. The van der Waals surface area contributed by atoms with Crippen LogP contribution in [0.1, 0.15) is 0 Å². The van der Waals surface area contributed by atoms with E-state index in [1.54, 1.807) is 24.3 Å². The van der Waals surface area contributed by atoms with Crippen molar-refractivity contribution in [3.8, 4) is 0 Å². The van der Waals surface area contributed by atoms with Crippen molar-refractivity contribution in [1.29, 1.82) is 0 Å². The molecule has 2 N–H and O–H groups in total. The molecule has 137 valence electrons. The van der Waals surface area contributed by atoms with Gasteiger partial charge in [-0.15, -0.1) is 0 Å². The van der Waals surface area contributed by atoms with E-state index in [0.29, 0.717) is 0 Å². The summed E-state index contributed by atoms with van der Waals surface area (Å²) in [6.07, 6.45) is 0. The summed E-state index contributed by atoms with van der Waals surface area (Å²) in [5, 5.41) is 4.68. The van der Waals surface area contributed by atoms with E-state index < -0.39 is 11.6 Å². The Bertz CT molecular complexity index is 646. The first-order chi connectivity index (χ1) is 11.5. The number of hydrogen-bond donors (Lipinski definition) is 2. The van der Waals surface area contributed by atoms with Crippen LogP contribution in [-0.4, -0.2) is 23.3 Å². The van der Waals surface area contributed by atoms with Gasteiger partial charge in [0, 0.05) is 0 Å². The van der Waals surface area contributed by atoms with Gasteiger partial charge in [0.15, 0.2) is 11.8 Å². The average Bonchev–Trinajstić information content (AvgIpc) is 2.59. The Hall–Kier alpha value is -1.54. The maximum absolute atomic E-state index is 12.8. The molecule has 0 saturated heterocycles. The Kier molecular flexibility index (Phi) is 12.0. The van der Waals surface area contributed by atoms with E-state index in [-0.39, 0.29) is 51.8 Å². The summed E-state index contributed by atoms with van der Waals surface area (Å²) in [7, 11) is 0. The van der Waals surface area contributed by atoms with Crippen LogP contribution in [-0.2, 0) is 51.9 Å².